The van der Waals surface area contributed by atoms with Crippen molar-refractivity contribution in [2.75, 3.05) is 41.7 Å². The molecule has 10 nitrogen and oxygen atoms in total. The van der Waals surface area contributed by atoms with E-state index in [0.717, 1.165) is 5.06 Å². The van der Waals surface area contributed by atoms with Crippen molar-refractivity contribution in [1.82, 2.24) is 5.06 Å². The van der Waals surface area contributed by atoms with Gasteiger partial charge in [-0.2, -0.15) is 5.06 Å². The number of carbonyl (C=O) groups excluding carboxylic acids is 1. The van der Waals surface area contributed by atoms with Gasteiger partial charge in [-0.3, -0.25) is 4.79 Å². The van der Waals surface area contributed by atoms with Gasteiger partial charge in [-0.15, -0.1) is 0 Å². The van der Waals surface area contributed by atoms with Crippen molar-refractivity contribution in [2.24, 2.45) is 0 Å². The standard InChI is InChI=1S/C22H25NO9/c1-23(27)8-7-12-9-17-21(32-11-31-17)19(29-3)14(12)10-15(24)13-5-6-16(28-2)20(30-4)18(13)22(25)26/h5-6,9,27H,7-8,10-11H2,1-4H3,(H,25,26). The summed E-state index contributed by atoms with van der Waals surface area (Å²) in [7, 11) is 5.65. The highest BCUT2D eigenvalue weighted by Crippen LogP contribution is 2.46. The van der Waals surface area contributed by atoms with Gasteiger partial charge in [0.2, 0.25) is 12.5 Å². The minimum atomic E-state index is -1.32. The smallest absolute Gasteiger partial charge is 0.340 e. The Morgan fingerprint density at radius 2 is 1.81 bits per heavy atom. The van der Waals surface area contributed by atoms with Crippen LogP contribution in [-0.4, -0.2) is 68.8 Å². The number of hydrogen-bond acceptors (Lipinski definition) is 9. The Hall–Kier alpha value is -3.50. The first kappa shape index (κ1) is 23.2. The maximum atomic E-state index is 13.3. The van der Waals surface area contributed by atoms with Gasteiger partial charge < -0.3 is 34.0 Å². The lowest BCUT2D eigenvalue weighted by atomic mass is 9.92. The minimum absolute atomic E-state index is 0.0152. The number of nitrogens with zero attached hydrogens (tertiary/aromatic N) is 1. The fourth-order valence-electron chi connectivity index (χ4n) is 3.64. The molecule has 10 heteroatoms. The van der Waals surface area contributed by atoms with Crippen LogP contribution in [0.25, 0.3) is 0 Å². The molecule has 0 aromatic heterocycles. The fraction of sp³-hybridized carbons (Fsp3) is 0.364. The van der Waals surface area contributed by atoms with Crippen LogP contribution in [0.1, 0.15) is 31.8 Å². The van der Waals surface area contributed by atoms with Crippen LogP contribution in [0.5, 0.6) is 28.7 Å². The molecule has 3 rings (SSSR count). The van der Waals surface area contributed by atoms with Crippen LogP contribution in [0, 0.1) is 0 Å². The first-order chi connectivity index (χ1) is 15.3. The summed E-state index contributed by atoms with van der Waals surface area (Å²) < 4.78 is 26.9. The zero-order valence-electron chi connectivity index (χ0n) is 18.3. The molecular weight excluding hydrogens is 422 g/mol. The second-order valence-electron chi connectivity index (χ2n) is 7.04. The molecule has 0 bridgehead atoms. The van der Waals surface area contributed by atoms with Crippen molar-refractivity contribution in [3.8, 4) is 28.7 Å². The van der Waals surface area contributed by atoms with Crippen LogP contribution < -0.4 is 23.7 Å². The Labute approximate surface area is 184 Å². The number of carboxylic acid groups (broad SMARTS) is 1. The maximum absolute atomic E-state index is 13.3. The molecule has 0 unspecified atom stereocenters. The SMILES string of the molecule is COc1ccc(C(=O)Cc2c(CCN(C)O)cc3c(c2OC)OCO3)c(C(=O)O)c1OC. The van der Waals surface area contributed by atoms with Crippen LogP contribution in [-0.2, 0) is 12.8 Å². The lowest BCUT2D eigenvalue weighted by molar-refractivity contribution is -0.0634. The molecule has 0 amide bonds. The number of rotatable bonds is 10. The van der Waals surface area contributed by atoms with Gasteiger partial charge in [0.05, 0.1) is 21.3 Å². The average molecular weight is 447 g/mol. The van der Waals surface area contributed by atoms with Gasteiger partial charge in [0, 0.05) is 31.1 Å². The third-order valence-electron chi connectivity index (χ3n) is 5.12. The van der Waals surface area contributed by atoms with E-state index in [9.17, 15) is 19.9 Å². The first-order valence-corrected chi connectivity index (χ1v) is 9.72. The lowest BCUT2D eigenvalue weighted by Crippen LogP contribution is -2.18. The molecule has 32 heavy (non-hydrogen) atoms. The molecule has 0 radical (unpaired) electrons. The van der Waals surface area contributed by atoms with Crippen LogP contribution in [0.3, 0.4) is 0 Å². The highest BCUT2D eigenvalue weighted by molar-refractivity contribution is 6.09. The van der Waals surface area contributed by atoms with Gasteiger partial charge in [-0.05, 0) is 30.2 Å². The molecular formula is C22H25NO9. The maximum Gasteiger partial charge on any atom is 0.340 e. The van der Waals surface area contributed by atoms with E-state index in [1.165, 1.54) is 40.5 Å². The Morgan fingerprint density at radius 1 is 1.09 bits per heavy atom. The van der Waals surface area contributed by atoms with Gasteiger partial charge in [0.25, 0.3) is 0 Å². The molecule has 0 atom stereocenters. The van der Waals surface area contributed by atoms with Gasteiger partial charge in [0.15, 0.2) is 28.8 Å². The van der Waals surface area contributed by atoms with Crippen molar-refractivity contribution < 1.29 is 43.6 Å². The largest absolute Gasteiger partial charge is 0.493 e. The number of hydrogen-bond donors (Lipinski definition) is 2. The van der Waals surface area contributed by atoms with Crippen molar-refractivity contribution in [3.63, 3.8) is 0 Å². The second-order valence-corrected chi connectivity index (χ2v) is 7.04. The van der Waals surface area contributed by atoms with Crippen molar-refractivity contribution in [2.45, 2.75) is 12.8 Å². The zero-order valence-corrected chi connectivity index (χ0v) is 18.3. The highest BCUT2D eigenvalue weighted by Gasteiger charge is 2.29. The van der Waals surface area contributed by atoms with Gasteiger partial charge in [-0.25, -0.2) is 4.79 Å². The molecule has 1 aliphatic rings. The molecule has 172 valence electrons. The number of fused-ring (bicyclic) bond motifs is 1. The highest BCUT2D eigenvalue weighted by atomic mass is 16.7. The average Bonchev–Trinajstić information content (AvgIpc) is 3.24. The van der Waals surface area contributed by atoms with Gasteiger partial charge in [-0.1, -0.05) is 0 Å². The van der Waals surface area contributed by atoms with Crippen molar-refractivity contribution in [3.05, 3.63) is 40.5 Å². The number of aromatic carboxylic acids is 1. The molecule has 0 aliphatic carbocycles. The number of hydroxylamine groups is 2. The van der Waals surface area contributed by atoms with Gasteiger partial charge >= 0.3 is 5.97 Å². The van der Waals surface area contributed by atoms with Crippen LogP contribution in [0.15, 0.2) is 18.2 Å². The number of carboxylic acids is 1. The van der Waals surface area contributed by atoms with Crippen LogP contribution in [0.2, 0.25) is 0 Å². The van der Waals surface area contributed by atoms with E-state index >= 15 is 0 Å². The summed E-state index contributed by atoms with van der Waals surface area (Å²) in [5.41, 5.74) is 0.917. The van der Waals surface area contributed by atoms with E-state index in [1.54, 1.807) is 6.07 Å². The summed E-state index contributed by atoms with van der Waals surface area (Å²) in [6.07, 6.45) is 0.223. The summed E-state index contributed by atoms with van der Waals surface area (Å²) in [5, 5.41) is 20.4. The van der Waals surface area contributed by atoms with Crippen LogP contribution in [0.4, 0.5) is 0 Å². The number of ether oxygens (including phenoxy) is 5. The third kappa shape index (κ3) is 4.41. The van der Waals surface area contributed by atoms with E-state index < -0.39 is 11.8 Å². The number of carbonyl (C=O) groups is 2. The normalized spacial score (nSPS) is 12.1. The monoisotopic (exact) mass is 447 g/mol. The summed E-state index contributed by atoms with van der Waals surface area (Å²) in [6, 6.07) is 4.62. The Kier molecular flexibility index (Phi) is 7.06. The number of Topliss-reactive ketones (excluding diaryl/α,β-unsaturated/α-hetero) is 1. The summed E-state index contributed by atoms with van der Waals surface area (Å²) >= 11 is 0. The van der Waals surface area contributed by atoms with Gasteiger partial charge in [0.1, 0.15) is 5.56 Å². The Balaban J connectivity index is 2.09. The lowest BCUT2D eigenvalue weighted by Gasteiger charge is -2.18. The van der Waals surface area contributed by atoms with E-state index in [4.69, 9.17) is 23.7 Å². The quantitative estimate of drug-likeness (QED) is 0.414. The predicted octanol–water partition coefficient (Wildman–Crippen LogP) is 2.43. The Bertz CT molecular complexity index is 1030. The number of ketones is 1. The van der Waals surface area contributed by atoms with E-state index in [-0.39, 0.29) is 35.8 Å². The zero-order chi connectivity index (χ0) is 23.4. The van der Waals surface area contributed by atoms with E-state index in [0.29, 0.717) is 41.3 Å². The predicted molar refractivity (Wildman–Crippen MR) is 112 cm³/mol. The molecule has 2 aromatic rings. The number of methoxy groups -OCH3 is 3. The third-order valence-corrected chi connectivity index (χ3v) is 5.12. The molecule has 0 fully saturated rings. The summed E-state index contributed by atoms with van der Waals surface area (Å²) in [6.45, 7) is 0.308. The summed E-state index contributed by atoms with van der Waals surface area (Å²) in [5.74, 6) is -0.420. The first-order valence-electron chi connectivity index (χ1n) is 9.72. The molecule has 0 spiro atoms. The minimum Gasteiger partial charge on any atom is -0.493 e. The number of benzene rings is 2. The van der Waals surface area contributed by atoms with Crippen molar-refractivity contribution in [1.29, 1.82) is 0 Å². The topological polar surface area (TPSA) is 124 Å². The second kappa shape index (κ2) is 9.75. The fourth-order valence-corrected chi connectivity index (χ4v) is 3.64. The molecule has 1 aliphatic heterocycles. The van der Waals surface area contributed by atoms with E-state index in [2.05, 4.69) is 0 Å². The molecule has 0 saturated heterocycles. The number of likely N-dealkylation sites (N-methyl/N-ethyl adjacent to an activating group) is 1. The van der Waals surface area contributed by atoms with E-state index in [1.807, 2.05) is 0 Å². The van der Waals surface area contributed by atoms with Crippen LogP contribution >= 0.6 is 0 Å². The molecule has 2 aromatic carbocycles. The molecule has 2 N–H and O–H groups in total. The summed E-state index contributed by atoms with van der Waals surface area (Å²) in [4.78, 5) is 25.3. The molecule has 0 saturated carbocycles. The molecule has 1 heterocycles. The Morgan fingerprint density at radius 3 is 2.41 bits per heavy atom. The van der Waals surface area contributed by atoms with Crippen molar-refractivity contribution >= 4 is 11.8 Å².